The molecule has 0 saturated carbocycles. The fraction of sp³-hybridized carbons (Fsp3) is 0.167. The molecule has 0 unspecified atom stereocenters. The summed E-state index contributed by atoms with van der Waals surface area (Å²) in [7, 11) is 0. The van der Waals surface area contributed by atoms with Crippen molar-refractivity contribution in [2.45, 2.75) is 26.3 Å². The Balaban J connectivity index is 1.94. The highest BCUT2D eigenvalue weighted by atomic mass is 19.1. The van der Waals surface area contributed by atoms with E-state index in [1.54, 1.807) is 6.20 Å². The van der Waals surface area contributed by atoms with E-state index in [4.69, 9.17) is 11.1 Å². The van der Waals surface area contributed by atoms with Gasteiger partial charge in [-0.2, -0.15) is 0 Å². The molecule has 0 bridgehead atoms. The van der Waals surface area contributed by atoms with Crippen LogP contribution >= 0.6 is 0 Å². The molecule has 182 valence electrons. The van der Waals surface area contributed by atoms with Crippen LogP contribution in [0.5, 0.6) is 0 Å². The molecule has 2 amide bonds. The van der Waals surface area contributed by atoms with Gasteiger partial charge in [-0.15, -0.1) is 0 Å². The normalized spacial score (nSPS) is 11.7. The molecular weight excluding hydrogens is 459 g/mol. The minimum atomic E-state index is -0.984. The van der Waals surface area contributed by atoms with Crippen LogP contribution in [0.3, 0.4) is 0 Å². The van der Waals surface area contributed by atoms with Crippen molar-refractivity contribution in [3.63, 3.8) is 0 Å². The zero-order chi connectivity index (χ0) is 25.8. The van der Waals surface area contributed by atoms with Crippen LogP contribution in [0.25, 0.3) is 5.57 Å². The summed E-state index contributed by atoms with van der Waals surface area (Å²) in [5.74, 6) is -2.39. The number of urea groups is 1. The van der Waals surface area contributed by atoms with Crippen LogP contribution in [0.2, 0.25) is 0 Å². The number of benzene rings is 2. The van der Waals surface area contributed by atoms with E-state index >= 15 is 0 Å². The molecule has 0 aliphatic rings. The van der Waals surface area contributed by atoms with Crippen molar-refractivity contribution in [3.8, 4) is 0 Å². The Labute approximate surface area is 200 Å². The van der Waals surface area contributed by atoms with Gasteiger partial charge in [0.2, 0.25) is 5.95 Å². The fourth-order valence-corrected chi connectivity index (χ4v) is 2.90. The molecule has 0 aliphatic carbocycles. The van der Waals surface area contributed by atoms with Crippen LogP contribution in [0.15, 0.2) is 54.9 Å². The van der Waals surface area contributed by atoms with Crippen LogP contribution in [0.1, 0.15) is 32.0 Å². The van der Waals surface area contributed by atoms with Gasteiger partial charge in [0.05, 0.1) is 22.8 Å². The first-order valence-corrected chi connectivity index (χ1v) is 10.4. The zero-order valence-electron chi connectivity index (χ0n) is 19.2. The number of carbonyl (C=O) groups excluding carboxylic acids is 1. The van der Waals surface area contributed by atoms with Gasteiger partial charge >= 0.3 is 6.03 Å². The van der Waals surface area contributed by atoms with Crippen molar-refractivity contribution in [2.75, 3.05) is 16.4 Å². The van der Waals surface area contributed by atoms with Crippen molar-refractivity contribution >= 4 is 34.6 Å². The molecule has 3 aromatic rings. The number of carbonyl (C=O) groups is 1. The summed E-state index contributed by atoms with van der Waals surface area (Å²) in [6, 6.07) is 6.94. The van der Waals surface area contributed by atoms with Gasteiger partial charge in [0.1, 0.15) is 17.5 Å². The third kappa shape index (κ3) is 6.79. The quantitative estimate of drug-likeness (QED) is 0.318. The van der Waals surface area contributed by atoms with Gasteiger partial charge in [-0.3, -0.25) is 5.41 Å². The van der Waals surface area contributed by atoms with Gasteiger partial charge in [0.15, 0.2) is 0 Å². The summed E-state index contributed by atoms with van der Waals surface area (Å²) < 4.78 is 41.7. The molecular formula is C24H24F3N7O. The fourth-order valence-electron chi connectivity index (χ4n) is 2.90. The molecule has 1 heterocycles. The molecule has 0 fully saturated rings. The number of allylic oxidation sites excluding steroid dienone is 1. The van der Waals surface area contributed by atoms with Crippen LogP contribution in [-0.2, 0) is 0 Å². The van der Waals surface area contributed by atoms with Crippen LogP contribution in [0.4, 0.5) is 35.3 Å². The molecule has 0 spiro atoms. The number of hydrogen-bond acceptors (Lipinski definition) is 6. The summed E-state index contributed by atoms with van der Waals surface area (Å²) in [4.78, 5) is 20.2. The number of rotatable bonds is 6. The van der Waals surface area contributed by atoms with Gasteiger partial charge in [-0.05, 0) is 56.7 Å². The first-order valence-electron chi connectivity index (χ1n) is 10.4. The van der Waals surface area contributed by atoms with E-state index in [9.17, 15) is 18.0 Å². The average Bonchev–Trinajstić information content (AvgIpc) is 2.77. The van der Waals surface area contributed by atoms with E-state index in [0.29, 0.717) is 11.1 Å². The number of amides is 2. The van der Waals surface area contributed by atoms with Crippen molar-refractivity contribution in [2.24, 2.45) is 0 Å². The predicted octanol–water partition coefficient (Wildman–Crippen LogP) is 4.92. The largest absolute Gasteiger partial charge is 0.386 e. The van der Waals surface area contributed by atoms with E-state index in [1.807, 2.05) is 20.8 Å². The zero-order valence-corrected chi connectivity index (χ0v) is 19.2. The van der Waals surface area contributed by atoms with Crippen molar-refractivity contribution in [1.29, 1.82) is 5.41 Å². The lowest BCUT2D eigenvalue weighted by molar-refractivity contribution is 0.262. The summed E-state index contributed by atoms with van der Waals surface area (Å²) in [5.41, 5.74) is 5.56. The maximum atomic E-state index is 14.5. The lowest BCUT2D eigenvalue weighted by Gasteiger charge is -2.21. The Bertz CT molecular complexity index is 1300. The Kier molecular flexibility index (Phi) is 7.38. The average molecular weight is 483 g/mol. The Hall–Kier alpha value is -4.41. The van der Waals surface area contributed by atoms with Gasteiger partial charge in [-0.25, -0.2) is 27.9 Å². The number of anilines is 3. The summed E-state index contributed by atoms with van der Waals surface area (Å²) >= 11 is 0. The van der Waals surface area contributed by atoms with Crippen LogP contribution < -0.4 is 21.7 Å². The van der Waals surface area contributed by atoms with Gasteiger partial charge in [0.25, 0.3) is 0 Å². The minimum Gasteiger partial charge on any atom is -0.386 e. The van der Waals surface area contributed by atoms with E-state index in [0.717, 1.165) is 24.3 Å². The maximum absolute atomic E-state index is 14.5. The van der Waals surface area contributed by atoms with Crippen molar-refractivity contribution < 1.29 is 18.0 Å². The number of halogens is 3. The summed E-state index contributed by atoms with van der Waals surface area (Å²) in [6.45, 7) is 5.75. The van der Waals surface area contributed by atoms with Gasteiger partial charge in [-0.1, -0.05) is 6.07 Å². The standard InChI is InChI=1S/C24H24F3N7O/c1-24(2,3)31-12-15(21(28)18-8-9-30-22(29)32-18)13-4-6-16(26)19(10-13)33-23(35)34-20-11-14(25)5-7-17(20)27/h4-12,28,31H,1-3H3,(H2,29,30,32)(H2,33,34,35)/b15-12-,28-21?. The summed E-state index contributed by atoms with van der Waals surface area (Å²) in [5, 5.41) is 16.2. The number of hydrogen-bond donors (Lipinski definition) is 5. The SMILES string of the molecule is CC(C)(C)N/C=C(\C(=N)c1ccnc(N)n1)c1ccc(F)c(NC(=O)Nc2cc(F)ccc2F)c1. The number of nitrogens with two attached hydrogens (primary N) is 1. The Morgan fingerprint density at radius 2 is 1.63 bits per heavy atom. The lowest BCUT2D eigenvalue weighted by Crippen LogP contribution is -2.32. The predicted molar refractivity (Wildman–Crippen MR) is 130 cm³/mol. The third-order valence-electron chi connectivity index (χ3n) is 4.55. The molecule has 3 rings (SSSR count). The second-order valence-electron chi connectivity index (χ2n) is 8.53. The highest BCUT2D eigenvalue weighted by Gasteiger charge is 2.18. The smallest absolute Gasteiger partial charge is 0.323 e. The van der Waals surface area contributed by atoms with E-state index in [2.05, 4.69) is 25.9 Å². The third-order valence-corrected chi connectivity index (χ3v) is 4.55. The van der Waals surface area contributed by atoms with Gasteiger partial charge < -0.3 is 21.7 Å². The summed E-state index contributed by atoms with van der Waals surface area (Å²) in [6.07, 6.45) is 2.99. The molecule has 2 aromatic carbocycles. The first kappa shape index (κ1) is 25.2. The van der Waals surface area contributed by atoms with Gasteiger partial charge in [0, 0.05) is 29.6 Å². The molecule has 35 heavy (non-hydrogen) atoms. The second kappa shape index (κ2) is 10.2. The number of nitrogens with one attached hydrogen (secondary N) is 4. The Morgan fingerprint density at radius 1 is 1.00 bits per heavy atom. The van der Waals surface area contributed by atoms with E-state index in [-0.39, 0.29) is 28.6 Å². The molecule has 0 saturated heterocycles. The molecule has 0 atom stereocenters. The van der Waals surface area contributed by atoms with Crippen LogP contribution in [-0.4, -0.2) is 27.2 Å². The molecule has 11 heteroatoms. The topological polar surface area (TPSA) is 129 Å². The second-order valence-corrected chi connectivity index (χ2v) is 8.53. The molecule has 0 aliphatic heterocycles. The maximum Gasteiger partial charge on any atom is 0.323 e. The van der Waals surface area contributed by atoms with Crippen LogP contribution in [0, 0.1) is 22.9 Å². The lowest BCUT2D eigenvalue weighted by atomic mass is 9.98. The van der Waals surface area contributed by atoms with E-state index in [1.165, 1.54) is 24.4 Å². The number of nitrogens with zero attached hydrogens (tertiary/aromatic N) is 2. The van der Waals surface area contributed by atoms with Crippen molar-refractivity contribution in [1.82, 2.24) is 15.3 Å². The van der Waals surface area contributed by atoms with E-state index < -0.39 is 29.2 Å². The van der Waals surface area contributed by atoms with Crippen molar-refractivity contribution in [3.05, 3.63) is 83.6 Å². The number of nitrogen functional groups attached to an aromatic ring is 1. The number of aromatic nitrogens is 2. The highest BCUT2D eigenvalue weighted by molar-refractivity contribution is 6.29. The minimum absolute atomic E-state index is 0.0157. The molecule has 6 N–H and O–H groups in total. The Morgan fingerprint density at radius 3 is 2.26 bits per heavy atom. The monoisotopic (exact) mass is 483 g/mol. The first-order chi connectivity index (χ1) is 16.4. The highest BCUT2D eigenvalue weighted by Crippen LogP contribution is 2.25. The molecule has 0 radical (unpaired) electrons. The molecule has 8 nitrogen and oxygen atoms in total. The molecule has 1 aromatic heterocycles.